The fourth-order valence-corrected chi connectivity index (χ4v) is 2.78. The van der Waals surface area contributed by atoms with E-state index >= 15 is 0 Å². The zero-order valence-corrected chi connectivity index (χ0v) is 8.50. The second kappa shape index (κ2) is 3.89. The van der Waals surface area contributed by atoms with Crippen molar-refractivity contribution >= 4 is 5.97 Å². The third-order valence-electron chi connectivity index (χ3n) is 3.59. The van der Waals surface area contributed by atoms with Crippen LogP contribution in [0.5, 0.6) is 0 Å². The van der Waals surface area contributed by atoms with Crippen LogP contribution < -0.4 is 0 Å². The summed E-state index contributed by atoms with van der Waals surface area (Å²) in [5, 5.41) is 8.81. The molecule has 0 aromatic heterocycles. The number of carbonyl (C=O) groups excluding carboxylic acids is 1. The molecule has 1 spiro atoms. The van der Waals surface area contributed by atoms with Crippen molar-refractivity contribution in [3.8, 4) is 0 Å². The lowest BCUT2D eigenvalue weighted by molar-refractivity contribution is -0.150. The first-order chi connectivity index (χ1) is 6.77. The summed E-state index contributed by atoms with van der Waals surface area (Å²) in [6.07, 6.45) is 6.97. The number of hydrogen-bond acceptors (Lipinski definition) is 3. The van der Waals surface area contributed by atoms with E-state index < -0.39 is 0 Å². The van der Waals surface area contributed by atoms with Gasteiger partial charge in [0.25, 0.3) is 0 Å². The lowest BCUT2D eigenvalue weighted by Crippen LogP contribution is -2.28. The molecule has 2 fully saturated rings. The minimum Gasteiger partial charge on any atom is -0.462 e. The molecule has 80 valence electrons. The number of rotatable bonds is 2. The highest BCUT2D eigenvalue weighted by Gasteiger charge is 2.48. The van der Waals surface area contributed by atoms with Gasteiger partial charge in [0.05, 0.1) is 5.41 Å². The second-order valence-electron chi connectivity index (χ2n) is 4.58. The molecular weight excluding hydrogens is 180 g/mol. The Balaban J connectivity index is 2.01. The van der Waals surface area contributed by atoms with Crippen LogP contribution in [0.25, 0.3) is 0 Å². The molecule has 1 saturated carbocycles. The fraction of sp³-hybridized carbons (Fsp3) is 0.909. The van der Waals surface area contributed by atoms with Crippen molar-refractivity contribution in [2.24, 2.45) is 5.41 Å². The summed E-state index contributed by atoms with van der Waals surface area (Å²) in [6, 6.07) is 0. The summed E-state index contributed by atoms with van der Waals surface area (Å²) in [6.45, 7) is 0.119. The van der Waals surface area contributed by atoms with Crippen LogP contribution in [0.3, 0.4) is 0 Å². The molecule has 0 amide bonds. The molecule has 0 bridgehead atoms. The molecule has 1 unspecified atom stereocenters. The summed E-state index contributed by atoms with van der Waals surface area (Å²) in [7, 11) is 0. The first-order valence-electron chi connectivity index (χ1n) is 5.59. The van der Waals surface area contributed by atoms with Crippen molar-refractivity contribution in [1.29, 1.82) is 0 Å². The highest BCUT2D eigenvalue weighted by atomic mass is 16.6. The van der Waals surface area contributed by atoms with Crippen molar-refractivity contribution in [3.63, 3.8) is 0 Å². The van der Waals surface area contributed by atoms with E-state index in [1.54, 1.807) is 0 Å². The maximum Gasteiger partial charge on any atom is 0.312 e. The maximum atomic E-state index is 11.7. The van der Waals surface area contributed by atoms with E-state index in [4.69, 9.17) is 9.84 Å². The van der Waals surface area contributed by atoms with E-state index in [0.29, 0.717) is 6.42 Å². The third-order valence-corrected chi connectivity index (χ3v) is 3.59. The van der Waals surface area contributed by atoms with Crippen molar-refractivity contribution in [2.45, 2.75) is 51.0 Å². The number of hydrogen-bond donors (Lipinski definition) is 1. The Morgan fingerprint density at radius 2 is 2.07 bits per heavy atom. The van der Waals surface area contributed by atoms with Crippen LogP contribution in [-0.4, -0.2) is 23.8 Å². The van der Waals surface area contributed by atoms with Gasteiger partial charge in [0.1, 0.15) is 6.10 Å². The predicted octanol–water partition coefficient (Wildman–Crippen LogP) is 1.63. The van der Waals surface area contributed by atoms with Crippen LogP contribution in [-0.2, 0) is 9.53 Å². The van der Waals surface area contributed by atoms with Gasteiger partial charge in [-0.15, -0.1) is 0 Å². The third kappa shape index (κ3) is 1.65. The van der Waals surface area contributed by atoms with Gasteiger partial charge in [0.2, 0.25) is 0 Å². The molecule has 2 rings (SSSR count). The average molecular weight is 198 g/mol. The first-order valence-corrected chi connectivity index (χ1v) is 5.59. The van der Waals surface area contributed by atoms with Gasteiger partial charge in [-0.25, -0.2) is 0 Å². The number of aliphatic hydroxyl groups excluding tert-OH is 1. The average Bonchev–Trinajstić information content (AvgIpc) is 2.45. The van der Waals surface area contributed by atoms with Gasteiger partial charge >= 0.3 is 5.97 Å². The number of cyclic esters (lactones) is 1. The Bertz CT molecular complexity index is 219. The lowest BCUT2D eigenvalue weighted by Gasteiger charge is -2.28. The largest absolute Gasteiger partial charge is 0.462 e. The van der Waals surface area contributed by atoms with Gasteiger partial charge < -0.3 is 9.84 Å². The van der Waals surface area contributed by atoms with Gasteiger partial charge in [-0.3, -0.25) is 4.79 Å². The zero-order valence-electron chi connectivity index (χ0n) is 8.50. The number of aliphatic hydroxyl groups is 1. The maximum absolute atomic E-state index is 11.7. The van der Waals surface area contributed by atoms with Crippen LogP contribution in [0, 0.1) is 5.41 Å². The van der Waals surface area contributed by atoms with Crippen molar-refractivity contribution < 1.29 is 14.6 Å². The molecule has 1 aliphatic carbocycles. The predicted molar refractivity (Wildman–Crippen MR) is 51.7 cm³/mol. The van der Waals surface area contributed by atoms with Crippen LogP contribution in [0.15, 0.2) is 0 Å². The Morgan fingerprint density at radius 3 is 2.71 bits per heavy atom. The SMILES string of the molecule is O=C1OC(CCO)CC12CCCCC2. The summed E-state index contributed by atoms with van der Waals surface area (Å²) < 4.78 is 5.30. The standard InChI is InChI=1S/C11H18O3/c12-7-4-9-8-11(10(13)14-9)5-2-1-3-6-11/h9,12H,1-8H2. The van der Waals surface area contributed by atoms with E-state index in [2.05, 4.69) is 0 Å². The quantitative estimate of drug-likeness (QED) is 0.686. The topological polar surface area (TPSA) is 46.5 Å². The Hall–Kier alpha value is -0.570. The van der Waals surface area contributed by atoms with Crippen LogP contribution in [0.1, 0.15) is 44.9 Å². The molecule has 1 aliphatic heterocycles. The molecule has 14 heavy (non-hydrogen) atoms. The molecule has 1 saturated heterocycles. The lowest BCUT2D eigenvalue weighted by atomic mass is 9.72. The summed E-state index contributed by atoms with van der Waals surface area (Å²) in [4.78, 5) is 11.7. The van der Waals surface area contributed by atoms with E-state index in [9.17, 15) is 4.79 Å². The highest BCUT2D eigenvalue weighted by Crippen LogP contribution is 2.46. The molecular formula is C11H18O3. The molecule has 0 radical (unpaired) electrons. The monoisotopic (exact) mass is 198 g/mol. The van der Waals surface area contributed by atoms with Gasteiger partial charge in [-0.1, -0.05) is 19.3 Å². The Morgan fingerprint density at radius 1 is 1.36 bits per heavy atom. The molecule has 1 atom stereocenters. The molecule has 1 N–H and O–H groups in total. The molecule has 3 nitrogen and oxygen atoms in total. The van der Waals surface area contributed by atoms with Gasteiger partial charge in [-0.05, 0) is 12.8 Å². The van der Waals surface area contributed by atoms with Gasteiger partial charge in [0, 0.05) is 19.4 Å². The normalized spacial score (nSPS) is 30.6. The molecule has 0 aromatic carbocycles. The van der Waals surface area contributed by atoms with E-state index in [0.717, 1.165) is 32.1 Å². The van der Waals surface area contributed by atoms with Crippen LogP contribution in [0.2, 0.25) is 0 Å². The van der Waals surface area contributed by atoms with Crippen LogP contribution >= 0.6 is 0 Å². The number of carbonyl (C=O) groups is 1. The molecule has 1 heterocycles. The van der Waals surface area contributed by atoms with E-state index in [1.165, 1.54) is 6.42 Å². The first kappa shape index (κ1) is 9.97. The molecule has 0 aromatic rings. The minimum absolute atomic E-state index is 0.00403. The van der Waals surface area contributed by atoms with Crippen LogP contribution in [0.4, 0.5) is 0 Å². The summed E-state index contributed by atoms with van der Waals surface area (Å²) >= 11 is 0. The minimum atomic E-state index is -0.169. The molecule has 3 heteroatoms. The highest BCUT2D eigenvalue weighted by molar-refractivity contribution is 5.79. The van der Waals surface area contributed by atoms with Crippen molar-refractivity contribution in [3.05, 3.63) is 0 Å². The smallest absolute Gasteiger partial charge is 0.312 e. The fourth-order valence-electron chi connectivity index (χ4n) is 2.78. The molecule has 2 aliphatic rings. The second-order valence-corrected chi connectivity index (χ2v) is 4.58. The van der Waals surface area contributed by atoms with Crippen molar-refractivity contribution in [2.75, 3.05) is 6.61 Å². The van der Waals surface area contributed by atoms with Gasteiger partial charge in [-0.2, -0.15) is 0 Å². The summed E-state index contributed by atoms with van der Waals surface area (Å²) in [5.41, 5.74) is -0.169. The van der Waals surface area contributed by atoms with E-state index in [1.807, 2.05) is 0 Å². The summed E-state index contributed by atoms with van der Waals surface area (Å²) in [5.74, 6) is -0.00403. The van der Waals surface area contributed by atoms with Crippen molar-refractivity contribution in [1.82, 2.24) is 0 Å². The zero-order chi connectivity index (χ0) is 10.0. The van der Waals surface area contributed by atoms with E-state index in [-0.39, 0.29) is 24.1 Å². The number of esters is 1. The Kier molecular flexibility index (Phi) is 2.77. The number of ether oxygens (including phenoxy) is 1. The van der Waals surface area contributed by atoms with Gasteiger partial charge in [0.15, 0.2) is 0 Å². The Labute approximate surface area is 84.4 Å².